The number of rotatable bonds is 9. The minimum Gasteiger partial charge on any atom is -0.490 e. The number of ether oxygens (including phenoxy) is 1. The number of carbonyl (C=O) groups excluding carboxylic acids is 1. The second-order valence-electron chi connectivity index (χ2n) is 6.91. The van der Waals surface area contributed by atoms with Crippen LogP contribution in [0.3, 0.4) is 0 Å². The van der Waals surface area contributed by atoms with Gasteiger partial charge in [-0.15, -0.1) is 0 Å². The lowest BCUT2D eigenvalue weighted by atomic mass is 10.1. The zero-order valence-electron chi connectivity index (χ0n) is 16.7. The first-order valence-electron chi connectivity index (χ1n) is 9.37. The summed E-state index contributed by atoms with van der Waals surface area (Å²) in [6.07, 6.45) is 2.94. The number of pyridine rings is 1. The van der Waals surface area contributed by atoms with E-state index in [4.69, 9.17) is 4.74 Å². The average Bonchev–Trinajstić information content (AvgIpc) is 2.79. The molecule has 1 unspecified atom stereocenters. The van der Waals surface area contributed by atoms with Crippen molar-refractivity contribution >= 4 is 27.4 Å². The Kier molecular flexibility index (Phi) is 6.86. The molecule has 10 heteroatoms. The number of amides is 1. The molecule has 1 atom stereocenters. The SMILES string of the molecule is O=C(Nc1ccc(S(=O)(=O)CC(O)(COc2ccccc2)C(=O)O)cc1)c1ccncc1. The van der Waals surface area contributed by atoms with E-state index in [1.807, 2.05) is 0 Å². The second kappa shape index (κ2) is 9.58. The topological polar surface area (TPSA) is 143 Å². The summed E-state index contributed by atoms with van der Waals surface area (Å²) in [6.45, 7) is -0.758. The number of anilines is 1. The van der Waals surface area contributed by atoms with Crippen LogP contribution in [0.4, 0.5) is 5.69 Å². The molecular formula is C22H20N2O7S. The highest BCUT2D eigenvalue weighted by atomic mass is 32.2. The lowest BCUT2D eigenvalue weighted by Crippen LogP contribution is -2.50. The lowest BCUT2D eigenvalue weighted by Gasteiger charge is -2.23. The van der Waals surface area contributed by atoms with Crippen LogP contribution < -0.4 is 10.1 Å². The monoisotopic (exact) mass is 456 g/mol. The fourth-order valence-electron chi connectivity index (χ4n) is 2.73. The number of hydrogen-bond donors (Lipinski definition) is 3. The van der Waals surface area contributed by atoms with Crippen LogP contribution in [-0.4, -0.2) is 53.5 Å². The summed E-state index contributed by atoms with van der Waals surface area (Å²) in [5.74, 6) is -2.93. The maximum atomic E-state index is 12.7. The zero-order chi connectivity index (χ0) is 23.2. The summed E-state index contributed by atoms with van der Waals surface area (Å²) in [4.78, 5) is 27.4. The van der Waals surface area contributed by atoms with E-state index >= 15 is 0 Å². The number of carboxylic acids is 1. The van der Waals surface area contributed by atoms with E-state index in [9.17, 15) is 28.2 Å². The standard InChI is InChI=1S/C22H20N2O7S/c25-20(16-10-12-23-13-11-16)24-17-6-8-19(9-7-17)32(29,30)15-22(28,21(26)27)14-31-18-4-2-1-3-5-18/h1-13,28H,14-15H2,(H,24,25)(H,26,27). The molecule has 1 heterocycles. The van der Waals surface area contributed by atoms with Crippen LogP contribution in [0.1, 0.15) is 10.4 Å². The molecular weight excluding hydrogens is 436 g/mol. The van der Waals surface area contributed by atoms with Gasteiger partial charge in [0, 0.05) is 23.6 Å². The number of carboxylic acid groups (broad SMARTS) is 1. The Bertz CT molecular complexity index is 1180. The van der Waals surface area contributed by atoms with Gasteiger partial charge in [0.1, 0.15) is 12.4 Å². The first-order chi connectivity index (χ1) is 15.2. The summed E-state index contributed by atoms with van der Waals surface area (Å²) >= 11 is 0. The molecule has 0 aliphatic rings. The van der Waals surface area contributed by atoms with Crippen molar-refractivity contribution in [2.45, 2.75) is 10.5 Å². The Balaban J connectivity index is 1.71. The number of hydrogen-bond acceptors (Lipinski definition) is 7. The number of aliphatic carboxylic acids is 1. The molecule has 32 heavy (non-hydrogen) atoms. The predicted octanol–water partition coefficient (Wildman–Crippen LogP) is 2.00. The number of aliphatic hydroxyl groups is 1. The summed E-state index contributed by atoms with van der Waals surface area (Å²) in [5.41, 5.74) is -1.95. The van der Waals surface area contributed by atoms with Crippen LogP contribution in [0, 0.1) is 0 Å². The van der Waals surface area contributed by atoms with Gasteiger partial charge in [0.15, 0.2) is 9.84 Å². The molecule has 0 aliphatic carbocycles. The third-order valence-corrected chi connectivity index (χ3v) is 6.31. The highest BCUT2D eigenvalue weighted by Crippen LogP contribution is 2.21. The molecule has 0 aliphatic heterocycles. The Labute approximate surface area is 184 Å². The summed E-state index contributed by atoms with van der Waals surface area (Å²) in [7, 11) is -4.20. The molecule has 1 aromatic heterocycles. The van der Waals surface area contributed by atoms with Crippen LogP contribution in [0.15, 0.2) is 84.0 Å². The van der Waals surface area contributed by atoms with E-state index in [1.165, 1.54) is 48.8 Å². The van der Waals surface area contributed by atoms with Crippen molar-refractivity contribution in [2.24, 2.45) is 0 Å². The number of benzene rings is 2. The lowest BCUT2D eigenvalue weighted by molar-refractivity contribution is -0.158. The van der Waals surface area contributed by atoms with Crippen LogP contribution in [0.2, 0.25) is 0 Å². The number of nitrogens with one attached hydrogen (secondary N) is 1. The van der Waals surface area contributed by atoms with Gasteiger partial charge in [-0.25, -0.2) is 13.2 Å². The highest BCUT2D eigenvalue weighted by molar-refractivity contribution is 7.91. The minimum atomic E-state index is -4.20. The van der Waals surface area contributed by atoms with Gasteiger partial charge in [0.05, 0.1) is 10.6 Å². The van der Waals surface area contributed by atoms with Gasteiger partial charge in [-0.3, -0.25) is 9.78 Å². The van der Waals surface area contributed by atoms with Crippen molar-refractivity contribution in [2.75, 3.05) is 17.7 Å². The van der Waals surface area contributed by atoms with Crippen LogP contribution in [-0.2, 0) is 14.6 Å². The van der Waals surface area contributed by atoms with Crippen molar-refractivity contribution in [3.63, 3.8) is 0 Å². The van der Waals surface area contributed by atoms with Crippen LogP contribution in [0.25, 0.3) is 0 Å². The highest BCUT2D eigenvalue weighted by Gasteiger charge is 2.42. The molecule has 3 aromatic rings. The Morgan fingerprint density at radius 1 is 0.969 bits per heavy atom. The fraction of sp³-hybridized carbons (Fsp3) is 0.136. The molecule has 9 nitrogen and oxygen atoms in total. The second-order valence-corrected chi connectivity index (χ2v) is 8.90. The molecule has 3 N–H and O–H groups in total. The molecule has 0 bridgehead atoms. The smallest absolute Gasteiger partial charge is 0.340 e. The molecule has 0 fully saturated rings. The Morgan fingerprint density at radius 2 is 1.59 bits per heavy atom. The first-order valence-corrected chi connectivity index (χ1v) is 11.0. The minimum absolute atomic E-state index is 0.209. The van der Waals surface area contributed by atoms with E-state index in [2.05, 4.69) is 10.3 Å². The van der Waals surface area contributed by atoms with Crippen molar-refractivity contribution < 1.29 is 33.0 Å². The molecule has 1 amide bonds. The van der Waals surface area contributed by atoms with Crippen molar-refractivity contribution in [1.29, 1.82) is 0 Å². The Morgan fingerprint density at radius 3 is 2.19 bits per heavy atom. The van der Waals surface area contributed by atoms with Gasteiger partial charge in [0.25, 0.3) is 5.91 Å². The zero-order valence-corrected chi connectivity index (χ0v) is 17.5. The molecule has 3 rings (SSSR count). The third-order valence-electron chi connectivity index (χ3n) is 4.46. The number of aromatic nitrogens is 1. The molecule has 0 radical (unpaired) electrons. The number of nitrogens with zero attached hydrogens (tertiary/aromatic N) is 1. The maximum Gasteiger partial charge on any atom is 0.340 e. The molecule has 0 spiro atoms. The summed E-state index contributed by atoms with van der Waals surface area (Å²) in [6, 6.07) is 16.4. The van der Waals surface area contributed by atoms with E-state index < -0.39 is 39.7 Å². The van der Waals surface area contributed by atoms with Crippen molar-refractivity contribution in [3.8, 4) is 5.75 Å². The quantitative estimate of drug-likeness (QED) is 0.444. The van der Waals surface area contributed by atoms with E-state index in [0.717, 1.165) is 0 Å². The van der Waals surface area contributed by atoms with E-state index in [1.54, 1.807) is 30.3 Å². The number of sulfone groups is 1. The molecule has 2 aromatic carbocycles. The van der Waals surface area contributed by atoms with E-state index in [-0.39, 0.29) is 4.90 Å². The van der Waals surface area contributed by atoms with Gasteiger partial charge in [-0.05, 0) is 48.5 Å². The van der Waals surface area contributed by atoms with Gasteiger partial charge < -0.3 is 20.3 Å². The molecule has 0 saturated heterocycles. The van der Waals surface area contributed by atoms with E-state index in [0.29, 0.717) is 17.0 Å². The molecule has 0 saturated carbocycles. The van der Waals surface area contributed by atoms with Gasteiger partial charge >= 0.3 is 5.97 Å². The number of carbonyl (C=O) groups is 2. The van der Waals surface area contributed by atoms with Gasteiger partial charge in [-0.2, -0.15) is 0 Å². The van der Waals surface area contributed by atoms with Gasteiger partial charge in [0.2, 0.25) is 5.60 Å². The Hall–Kier alpha value is -3.76. The number of para-hydroxylation sites is 1. The fourth-order valence-corrected chi connectivity index (χ4v) is 4.29. The first kappa shape index (κ1) is 22.9. The largest absolute Gasteiger partial charge is 0.490 e. The van der Waals surface area contributed by atoms with Crippen molar-refractivity contribution in [3.05, 3.63) is 84.7 Å². The average molecular weight is 456 g/mol. The third kappa shape index (κ3) is 5.68. The summed E-state index contributed by atoms with van der Waals surface area (Å²) < 4.78 is 30.8. The van der Waals surface area contributed by atoms with Gasteiger partial charge in [-0.1, -0.05) is 18.2 Å². The van der Waals surface area contributed by atoms with Crippen LogP contribution in [0.5, 0.6) is 5.75 Å². The normalized spacial score (nSPS) is 13.0. The predicted molar refractivity (Wildman–Crippen MR) is 115 cm³/mol. The van der Waals surface area contributed by atoms with Crippen LogP contribution >= 0.6 is 0 Å². The molecule has 166 valence electrons. The summed E-state index contributed by atoms with van der Waals surface area (Å²) in [5, 5.41) is 22.5. The van der Waals surface area contributed by atoms with Crippen molar-refractivity contribution in [1.82, 2.24) is 4.98 Å². The maximum absolute atomic E-state index is 12.7.